The van der Waals surface area contributed by atoms with Gasteiger partial charge in [-0.05, 0) is 48.0 Å². The summed E-state index contributed by atoms with van der Waals surface area (Å²) in [5.41, 5.74) is 1.25. The quantitative estimate of drug-likeness (QED) is 0.498. The number of nitrogens with one attached hydrogen (secondary N) is 2. The highest BCUT2D eigenvalue weighted by atomic mass is 35.5. The van der Waals surface area contributed by atoms with Crippen LogP contribution in [0.5, 0.6) is 0 Å². The van der Waals surface area contributed by atoms with Crippen LogP contribution in [-0.2, 0) is 21.1 Å². The number of hydrogen-bond acceptors (Lipinski definition) is 5. The Labute approximate surface area is 220 Å². The second-order valence-corrected chi connectivity index (χ2v) is 11.4. The number of sulfone groups is 1. The molecule has 2 heterocycles. The van der Waals surface area contributed by atoms with E-state index in [9.17, 15) is 18.0 Å². The van der Waals surface area contributed by atoms with Crippen molar-refractivity contribution in [1.29, 1.82) is 0 Å². The van der Waals surface area contributed by atoms with Crippen LogP contribution in [0.15, 0.2) is 76.5 Å². The molecule has 0 unspecified atom stereocenters. The van der Waals surface area contributed by atoms with Crippen LogP contribution in [0.1, 0.15) is 26.3 Å². The summed E-state index contributed by atoms with van der Waals surface area (Å²) in [6, 6.07) is 17.6. The first-order valence-electron chi connectivity index (χ1n) is 12.1. The van der Waals surface area contributed by atoms with E-state index in [0.717, 1.165) is 25.2 Å². The van der Waals surface area contributed by atoms with E-state index >= 15 is 0 Å². The lowest BCUT2D eigenvalue weighted by Crippen LogP contribution is -3.14. The molecule has 2 amide bonds. The lowest BCUT2D eigenvalue weighted by molar-refractivity contribution is -0.906. The molecule has 8 nitrogen and oxygen atoms in total. The summed E-state index contributed by atoms with van der Waals surface area (Å²) >= 11 is 6.17. The van der Waals surface area contributed by atoms with Crippen molar-refractivity contribution in [1.82, 2.24) is 5.32 Å². The van der Waals surface area contributed by atoms with Crippen LogP contribution in [0.3, 0.4) is 0 Å². The van der Waals surface area contributed by atoms with Gasteiger partial charge in [-0.25, -0.2) is 8.42 Å². The summed E-state index contributed by atoms with van der Waals surface area (Å²) in [6.45, 7) is 4.54. The molecule has 10 heteroatoms. The van der Waals surface area contributed by atoms with Crippen LogP contribution in [0.25, 0.3) is 0 Å². The maximum Gasteiger partial charge on any atom is 0.259 e. The number of ether oxygens (including phenoxy) is 1. The first kappa shape index (κ1) is 25.4. The Morgan fingerprint density at radius 3 is 2.57 bits per heavy atom. The number of carbonyl (C=O) groups excluding carboxylic acids is 2. The smallest absolute Gasteiger partial charge is 0.259 e. The fourth-order valence-corrected chi connectivity index (χ4v) is 6.53. The molecule has 192 valence electrons. The van der Waals surface area contributed by atoms with Gasteiger partial charge in [-0.15, -0.1) is 0 Å². The maximum absolute atomic E-state index is 13.7. The predicted octanol–water partition coefficient (Wildman–Crippen LogP) is 1.98. The second kappa shape index (κ2) is 10.6. The third-order valence-corrected chi connectivity index (χ3v) is 8.74. The predicted molar refractivity (Wildman–Crippen MR) is 139 cm³/mol. The van der Waals surface area contributed by atoms with Gasteiger partial charge in [0.2, 0.25) is 9.84 Å². The summed E-state index contributed by atoms with van der Waals surface area (Å²) in [5, 5.41) is 3.42. The molecule has 3 aromatic rings. The lowest BCUT2D eigenvalue weighted by atomic mass is 10.1. The van der Waals surface area contributed by atoms with E-state index in [1.165, 1.54) is 40.1 Å². The molecule has 37 heavy (non-hydrogen) atoms. The van der Waals surface area contributed by atoms with Gasteiger partial charge in [-0.2, -0.15) is 0 Å². The van der Waals surface area contributed by atoms with Gasteiger partial charge < -0.3 is 19.9 Å². The first-order valence-corrected chi connectivity index (χ1v) is 13.9. The number of amides is 2. The molecule has 2 N–H and O–H groups in total. The summed E-state index contributed by atoms with van der Waals surface area (Å²) in [4.78, 5) is 29.4. The van der Waals surface area contributed by atoms with Crippen molar-refractivity contribution in [3.05, 3.63) is 88.4 Å². The van der Waals surface area contributed by atoms with Gasteiger partial charge in [0.15, 0.2) is 0 Å². The lowest BCUT2D eigenvalue weighted by Gasteiger charge is -2.24. The minimum absolute atomic E-state index is 0.0258. The number of carbonyl (C=O) groups is 2. The SMILES string of the molecule is O=C(NCC[NH+]1CCOCC1)c1ccc2c(c1)N(Cc1cccc(Cl)c1)C(=O)c1ccccc1S2(=O)=O. The van der Waals surface area contributed by atoms with E-state index in [4.69, 9.17) is 16.3 Å². The molecule has 2 aliphatic rings. The molecule has 0 saturated carbocycles. The summed E-state index contributed by atoms with van der Waals surface area (Å²) in [6.07, 6.45) is 0. The summed E-state index contributed by atoms with van der Waals surface area (Å²) in [7, 11) is -4.01. The number of halogens is 1. The van der Waals surface area contributed by atoms with Crippen LogP contribution < -0.4 is 15.1 Å². The number of rotatable bonds is 6. The fraction of sp³-hybridized carbons (Fsp3) is 0.259. The van der Waals surface area contributed by atoms with Crippen molar-refractivity contribution < 1.29 is 27.6 Å². The summed E-state index contributed by atoms with van der Waals surface area (Å²) < 4.78 is 32.6. The number of benzene rings is 3. The highest BCUT2D eigenvalue weighted by molar-refractivity contribution is 7.91. The third kappa shape index (κ3) is 5.26. The topological polar surface area (TPSA) is 97.2 Å². The van der Waals surface area contributed by atoms with Crippen molar-refractivity contribution in [2.24, 2.45) is 0 Å². The van der Waals surface area contributed by atoms with Gasteiger partial charge >= 0.3 is 0 Å². The number of nitrogens with zero attached hydrogens (tertiary/aromatic N) is 1. The number of anilines is 1. The molecule has 0 bridgehead atoms. The Morgan fingerprint density at radius 1 is 1.00 bits per heavy atom. The molecule has 2 aliphatic heterocycles. The van der Waals surface area contributed by atoms with Crippen molar-refractivity contribution in [2.75, 3.05) is 44.3 Å². The van der Waals surface area contributed by atoms with E-state index in [0.29, 0.717) is 24.8 Å². The number of hydrogen-bond donors (Lipinski definition) is 2. The Morgan fingerprint density at radius 2 is 1.78 bits per heavy atom. The molecule has 5 rings (SSSR count). The molecule has 1 saturated heterocycles. The van der Waals surface area contributed by atoms with Crippen molar-refractivity contribution in [3.63, 3.8) is 0 Å². The Kier molecular flexibility index (Phi) is 7.30. The highest BCUT2D eigenvalue weighted by Crippen LogP contribution is 2.38. The molecule has 0 aliphatic carbocycles. The van der Waals surface area contributed by atoms with Crippen LogP contribution in [0, 0.1) is 0 Å². The largest absolute Gasteiger partial charge is 0.370 e. The van der Waals surface area contributed by atoms with Gasteiger partial charge in [0.1, 0.15) is 13.1 Å². The Hall–Kier alpha value is -3.24. The van der Waals surface area contributed by atoms with Crippen LogP contribution in [-0.4, -0.2) is 59.6 Å². The number of morpholine rings is 1. The summed E-state index contributed by atoms with van der Waals surface area (Å²) in [5.74, 6) is -0.795. The van der Waals surface area contributed by atoms with E-state index in [1.807, 2.05) is 6.07 Å². The monoisotopic (exact) mass is 540 g/mol. The molecular formula is C27H27ClN3O5S+. The molecule has 3 aromatic carbocycles. The first-order chi connectivity index (χ1) is 17.8. The maximum atomic E-state index is 13.7. The van der Waals surface area contributed by atoms with Gasteiger partial charge in [0, 0.05) is 10.6 Å². The van der Waals surface area contributed by atoms with E-state index in [-0.39, 0.29) is 39.1 Å². The van der Waals surface area contributed by atoms with Gasteiger partial charge in [0.05, 0.1) is 53.9 Å². The average Bonchev–Trinajstić information content (AvgIpc) is 2.97. The normalized spacial score (nSPS) is 17.0. The second-order valence-electron chi connectivity index (χ2n) is 9.07. The highest BCUT2D eigenvalue weighted by Gasteiger charge is 2.36. The standard InChI is InChI=1S/C27H26ClN3O5S/c28-21-5-3-4-19(16-21)18-31-23-17-20(26(32)29-10-11-30-12-14-36-15-13-30)8-9-25(23)37(34,35)24-7-2-1-6-22(24)27(31)33/h1-9,16-17H,10-15,18H2,(H,29,32)/p+1. The zero-order valence-electron chi connectivity index (χ0n) is 20.1. The van der Waals surface area contributed by atoms with Crippen molar-refractivity contribution in [2.45, 2.75) is 16.3 Å². The minimum Gasteiger partial charge on any atom is -0.370 e. The van der Waals surface area contributed by atoms with Crippen LogP contribution in [0.4, 0.5) is 5.69 Å². The number of quaternary nitrogens is 1. The molecule has 0 atom stereocenters. The zero-order valence-corrected chi connectivity index (χ0v) is 21.6. The van der Waals surface area contributed by atoms with Gasteiger partial charge in [0.25, 0.3) is 11.8 Å². The number of fused-ring (bicyclic) bond motifs is 2. The van der Waals surface area contributed by atoms with Crippen molar-refractivity contribution in [3.8, 4) is 0 Å². The van der Waals surface area contributed by atoms with Crippen LogP contribution >= 0.6 is 11.6 Å². The van der Waals surface area contributed by atoms with Crippen LogP contribution in [0.2, 0.25) is 5.02 Å². The average molecular weight is 541 g/mol. The minimum atomic E-state index is -4.01. The van der Waals surface area contributed by atoms with E-state index in [1.54, 1.807) is 30.3 Å². The fourth-order valence-electron chi connectivity index (χ4n) is 4.69. The van der Waals surface area contributed by atoms with Gasteiger partial charge in [-0.3, -0.25) is 9.59 Å². The Bertz CT molecular complexity index is 1450. The molecule has 0 aromatic heterocycles. The molecule has 0 spiro atoms. The molecular weight excluding hydrogens is 514 g/mol. The zero-order chi connectivity index (χ0) is 26.0. The molecule has 0 radical (unpaired) electrons. The molecule has 1 fully saturated rings. The van der Waals surface area contributed by atoms with Gasteiger partial charge in [-0.1, -0.05) is 35.9 Å². The Balaban J connectivity index is 1.50. The third-order valence-electron chi connectivity index (χ3n) is 6.65. The van der Waals surface area contributed by atoms with Crippen molar-refractivity contribution >= 4 is 38.9 Å². The van der Waals surface area contributed by atoms with E-state index in [2.05, 4.69) is 5.32 Å². The van der Waals surface area contributed by atoms with E-state index < -0.39 is 15.7 Å².